The van der Waals surface area contributed by atoms with Gasteiger partial charge >= 0.3 is 0 Å². The van der Waals surface area contributed by atoms with Gasteiger partial charge in [-0.3, -0.25) is 4.72 Å². The second kappa shape index (κ2) is 5.65. The number of hydrogen-bond donors (Lipinski definition) is 1. The van der Waals surface area contributed by atoms with Gasteiger partial charge in [0.15, 0.2) is 0 Å². The highest BCUT2D eigenvalue weighted by atomic mass is 79.9. The molecule has 0 fully saturated rings. The molecule has 0 atom stereocenters. The molecule has 0 saturated carbocycles. The van der Waals surface area contributed by atoms with Crippen molar-refractivity contribution in [3.63, 3.8) is 0 Å². The van der Waals surface area contributed by atoms with Gasteiger partial charge in [0.2, 0.25) is 0 Å². The van der Waals surface area contributed by atoms with Crippen molar-refractivity contribution in [2.75, 3.05) is 4.72 Å². The molecule has 1 N–H and O–H groups in total. The summed E-state index contributed by atoms with van der Waals surface area (Å²) in [6.45, 7) is 1.82. The zero-order valence-electron chi connectivity index (χ0n) is 10.6. The minimum atomic E-state index is -3.66. The molecule has 2 rings (SSSR count). The van der Waals surface area contributed by atoms with Crippen molar-refractivity contribution in [2.45, 2.75) is 11.8 Å². The molecule has 0 spiro atoms. The minimum Gasteiger partial charge on any atom is -0.280 e. The number of halogens is 1. The number of sulfonamides is 1. The molecule has 0 radical (unpaired) electrons. The van der Waals surface area contributed by atoms with Gasteiger partial charge in [-0.25, -0.2) is 8.42 Å². The smallest absolute Gasteiger partial charge is 0.261 e. The molecule has 102 valence electrons. The van der Waals surface area contributed by atoms with E-state index in [9.17, 15) is 8.42 Å². The standard InChI is InChI=1S/C14H11BrN2O2S/c1-10-7-13(5-6-14(10)15)20(18,19)17-12-4-2-3-11(8-12)9-16/h2-8,17H,1H3. The highest BCUT2D eigenvalue weighted by Gasteiger charge is 2.15. The molecule has 0 aromatic heterocycles. The van der Waals surface area contributed by atoms with Gasteiger partial charge in [-0.1, -0.05) is 22.0 Å². The van der Waals surface area contributed by atoms with Crippen LogP contribution in [0.3, 0.4) is 0 Å². The lowest BCUT2D eigenvalue weighted by atomic mass is 10.2. The lowest BCUT2D eigenvalue weighted by Crippen LogP contribution is -2.13. The van der Waals surface area contributed by atoms with Crippen molar-refractivity contribution < 1.29 is 8.42 Å². The van der Waals surface area contributed by atoms with E-state index in [1.54, 1.807) is 30.3 Å². The van der Waals surface area contributed by atoms with Gasteiger partial charge in [0.05, 0.1) is 22.2 Å². The van der Waals surface area contributed by atoms with Crippen LogP contribution in [0.4, 0.5) is 5.69 Å². The Morgan fingerprint density at radius 3 is 2.60 bits per heavy atom. The van der Waals surface area contributed by atoms with Gasteiger partial charge in [-0.15, -0.1) is 0 Å². The maximum absolute atomic E-state index is 12.3. The molecular weight excluding hydrogens is 340 g/mol. The van der Waals surface area contributed by atoms with E-state index in [1.165, 1.54) is 12.1 Å². The van der Waals surface area contributed by atoms with Crippen molar-refractivity contribution in [3.05, 3.63) is 58.1 Å². The molecule has 2 aromatic carbocycles. The maximum Gasteiger partial charge on any atom is 0.261 e. The number of aryl methyl sites for hydroxylation is 1. The lowest BCUT2D eigenvalue weighted by Gasteiger charge is -2.09. The summed E-state index contributed by atoms with van der Waals surface area (Å²) in [7, 11) is -3.66. The van der Waals surface area contributed by atoms with Crippen LogP contribution in [-0.4, -0.2) is 8.42 Å². The molecule has 0 heterocycles. The van der Waals surface area contributed by atoms with Gasteiger partial charge in [0.1, 0.15) is 0 Å². The Labute approximate surface area is 126 Å². The van der Waals surface area contributed by atoms with Crippen LogP contribution in [0.1, 0.15) is 11.1 Å². The molecule has 4 nitrogen and oxygen atoms in total. The Morgan fingerprint density at radius 2 is 1.95 bits per heavy atom. The zero-order valence-corrected chi connectivity index (χ0v) is 13.0. The molecule has 0 amide bonds. The van der Waals surface area contributed by atoms with E-state index in [2.05, 4.69) is 20.7 Å². The Hall–Kier alpha value is -1.84. The summed E-state index contributed by atoms with van der Waals surface area (Å²) in [6.07, 6.45) is 0. The predicted octanol–water partition coefficient (Wildman–Crippen LogP) is 3.43. The van der Waals surface area contributed by atoms with E-state index in [4.69, 9.17) is 5.26 Å². The molecule has 20 heavy (non-hydrogen) atoms. The molecule has 6 heteroatoms. The normalized spacial score (nSPS) is 10.8. The summed E-state index contributed by atoms with van der Waals surface area (Å²) in [6, 6.07) is 13.1. The van der Waals surface area contributed by atoms with Crippen molar-refractivity contribution in [3.8, 4) is 6.07 Å². The zero-order chi connectivity index (χ0) is 14.8. The first-order valence-corrected chi connectivity index (χ1v) is 7.99. The summed E-state index contributed by atoms with van der Waals surface area (Å²) >= 11 is 3.33. The summed E-state index contributed by atoms with van der Waals surface area (Å²) in [4.78, 5) is 0.181. The SMILES string of the molecule is Cc1cc(S(=O)(=O)Nc2cccc(C#N)c2)ccc1Br. The van der Waals surface area contributed by atoms with Crippen LogP contribution in [0.2, 0.25) is 0 Å². The van der Waals surface area contributed by atoms with Crippen LogP contribution in [-0.2, 0) is 10.0 Å². The fourth-order valence-electron chi connectivity index (χ4n) is 1.65. The Bertz CT molecular complexity index is 795. The van der Waals surface area contributed by atoms with Crippen LogP contribution in [0.25, 0.3) is 0 Å². The second-order valence-corrected chi connectivity index (χ2v) is 6.75. The maximum atomic E-state index is 12.3. The number of nitrogens with zero attached hydrogens (tertiary/aromatic N) is 1. The number of hydrogen-bond acceptors (Lipinski definition) is 3. The quantitative estimate of drug-likeness (QED) is 0.921. The van der Waals surface area contributed by atoms with Crippen LogP contribution in [0, 0.1) is 18.3 Å². The first-order chi connectivity index (χ1) is 9.42. The third-order valence-electron chi connectivity index (χ3n) is 2.68. The predicted molar refractivity (Wildman–Crippen MR) is 80.8 cm³/mol. The molecule has 0 bridgehead atoms. The largest absolute Gasteiger partial charge is 0.280 e. The summed E-state index contributed by atoms with van der Waals surface area (Å²) in [5.41, 5.74) is 1.60. The summed E-state index contributed by atoms with van der Waals surface area (Å²) in [5, 5.41) is 8.81. The average molecular weight is 351 g/mol. The third-order valence-corrected chi connectivity index (χ3v) is 4.95. The van der Waals surface area contributed by atoms with Gasteiger partial charge < -0.3 is 0 Å². The molecular formula is C14H11BrN2O2S. The van der Waals surface area contributed by atoms with E-state index in [0.717, 1.165) is 10.0 Å². The molecule has 0 aliphatic heterocycles. The van der Waals surface area contributed by atoms with Gasteiger partial charge in [0.25, 0.3) is 10.0 Å². The number of anilines is 1. The first-order valence-electron chi connectivity index (χ1n) is 5.71. The highest BCUT2D eigenvalue weighted by molar-refractivity contribution is 9.10. The summed E-state index contributed by atoms with van der Waals surface area (Å²) in [5.74, 6) is 0. The minimum absolute atomic E-state index is 0.181. The average Bonchev–Trinajstić information content (AvgIpc) is 2.41. The molecule has 0 unspecified atom stereocenters. The van der Waals surface area contributed by atoms with Gasteiger partial charge in [-0.2, -0.15) is 5.26 Å². The second-order valence-electron chi connectivity index (χ2n) is 4.21. The van der Waals surface area contributed by atoms with E-state index < -0.39 is 10.0 Å². The van der Waals surface area contributed by atoms with Crippen molar-refractivity contribution >= 4 is 31.6 Å². The van der Waals surface area contributed by atoms with Gasteiger partial charge in [0, 0.05) is 4.47 Å². The van der Waals surface area contributed by atoms with Crippen molar-refractivity contribution in [1.29, 1.82) is 5.26 Å². The third kappa shape index (κ3) is 3.18. The monoisotopic (exact) mass is 350 g/mol. The Kier molecular flexibility index (Phi) is 4.12. The summed E-state index contributed by atoms with van der Waals surface area (Å²) < 4.78 is 27.8. The topological polar surface area (TPSA) is 70.0 Å². The van der Waals surface area contributed by atoms with E-state index in [0.29, 0.717) is 11.3 Å². The number of benzene rings is 2. The molecule has 2 aromatic rings. The van der Waals surface area contributed by atoms with Crippen LogP contribution in [0.5, 0.6) is 0 Å². The van der Waals surface area contributed by atoms with Crippen LogP contribution in [0.15, 0.2) is 51.8 Å². The number of nitriles is 1. The van der Waals surface area contributed by atoms with Crippen LogP contribution < -0.4 is 4.72 Å². The molecule has 0 saturated heterocycles. The van der Waals surface area contributed by atoms with Crippen molar-refractivity contribution in [2.24, 2.45) is 0 Å². The van der Waals surface area contributed by atoms with Crippen molar-refractivity contribution in [1.82, 2.24) is 0 Å². The highest BCUT2D eigenvalue weighted by Crippen LogP contribution is 2.22. The van der Waals surface area contributed by atoms with Gasteiger partial charge in [-0.05, 0) is 48.9 Å². The number of nitrogens with one attached hydrogen (secondary N) is 1. The lowest BCUT2D eigenvalue weighted by molar-refractivity contribution is 0.601. The van der Waals surface area contributed by atoms with E-state index in [1.807, 2.05) is 13.0 Å². The van der Waals surface area contributed by atoms with E-state index in [-0.39, 0.29) is 4.90 Å². The molecule has 0 aliphatic rings. The fraction of sp³-hybridized carbons (Fsp3) is 0.0714. The first kappa shape index (κ1) is 14.6. The molecule has 0 aliphatic carbocycles. The van der Waals surface area contributed by atoms with Crippen LogP contribution >= 0.6 is 15.9 Å². The Morgan fingerprint density at radius 1 is 1.20 bits per heavy atom. The Balaban J connectivity index is 2.35. The fourth-order valence-corrected chi connectivity index (χ4v) is 3.03. The van der Waals surface area contributed by atoms with E-state index >= 15 is 0 Å². The number of rotatable bonds is 3.